The molecule has 0 aliphatic rings. The Labute approximate surface area is 147 Å². The van der Waals surface area contributed by atoms with Crippen LogP contribution in [0.1, 0.15) is 30.5 Å². The smallest absolute Gasteiger partial charge is 0.235 e. The van der Waals surface area contributed by atoms with Crippen LogP contribution in [-0.4, -0.2) is 11.8 Å². The van der Waals surface area contributed by atoms with Gasteiger partial charge in [-0.2, -0.15) is 0 Å². The zero-order chi connectivity index (χ0) is 18.4. The van der Waals surface area contributed by atoms with Gasteiger partial charge in [0.25, 0.3) is 0 Å². The van der Waals surface area contributed by atoms with E-state index < -0.39 is 11.3 Å². The molecular formula is C20H23FN2O2. The number of carbonyl (C=O) groups is 2. The van der Waals surface area contributed by atoms with Gasteiger partial charge in [-0.15, -0.1) is 0 Å². The number of halogens is 1. The van der Waals surface area contributed by atoms with E-state index in [4.69, 9.17) is 0 Å². The van der Waals surface area contributed by atoms with Gasteiger partial charge in [0, 0.05) is 18.7 Å². The van der Waals surface area contributed by atoms with E-state index in [0.29, 0.717) is 12.1 Å². The molecule has 0 saturated heterocycles. The molecule has 0 radical (unpaired) electrons. The summed E-state index contributed by atoms with van der Waals surface area (Å²) < 4.78 is 13.6. The van der Waals surface area contributed by atoms with Crippen LogP contribution >= 0.6 is 0 Å². The summed E-state index contributed by atoms with van der Waals surface area (Å²) in [5.74, 6) is -1.21. The standard InChI is InChI=1S/C20H23FN2O2/c1-14-8-10-15(11-9-14)12-22-18(24)20(2,3)19(25)23-13-16-6-4-5-7-17(16)21/h4-11H,12-13H2,1-3H3,(H,22,24)(H,23,25). The third-order valence-corrected chi connectivity index (χ3v) is 4.11. The minimum absolute atomic E-state index is 0.0418. The molecule has 25 heavy (non-hydrogen) atoms. The Morgan fingerprint density at radius 2 is 1.48 bits per heavy atom. The van der Waals surface area contributed by atoms with Gasteiger partial charge < -0.3 is 10.6 Å². The normalized spacial score (nSPS) is 11.0. The zero-order valence-corrected chi connectivity index (χ0v) is 14.7. The molecule has 0 unspecified atom stereocenters. The summed E-state index contributed by atoms with van der Waals surface area (Å²) in [6, 6.07) is 14.0. The van der Waals surface area contributed by atoms with Gasteiger partial charge in [0.05, 0.1) is 0 Å². The quantitative estimate of drug-likeness (QED) is 0.793. The number of hydrogen-bond acceptors (Lipinski definition) is 2. The highest BCUT2D eigenvalue weighted by Crippen LogP contribution is 2.17. The predicted molar refractivity (Wildman–Crippen MR) is 95.1 cm³/mol. The highest BCUT2D eigenvalue weighted by atomic mass is 19.1. The summed E-state index contributed by atoms with van der Waals surface area (Å²) in [6.45, 7) is 5.48. The summed E-state index contributed by atoms with van der Waals surface area (Å²) >= 11 is 0. The molecule has 2 N–H and O–H groups in total. The Balaban J connectivity index is 1.91. The second-order valence-corrected chi connectivity index (χ2v) is 6.57. The second-order valence-electron chi connectivity index (χ2n) is 6.57. The first-order valence-electron chi connectivity index (χ1n) is 8.16. The second kappa shape index (κ2) is 7.92. The van der Waals surface area contributed by atoms with Crippen LogP contribution in [0.5, 0.6) is 0 Å². The van der Waals surface area contributed by atoms with Crippen molar-refractivity contribution in [1.82, 2.24) is 10.6 Å². The molecule has 4 nitrogen and oxygen atoms in total. The summed E-state index contributed by atoms with van der Waals surface area (Å²) in [4.78, 5) is 24.7. The van der Waals surface area contributed by atoms with Gasteiger partial charge in [-0.25, -0.2) is 4.39 Å². The van der Waals surface area contributed by atoms with Gasteiger partial charge in [-0.1, -0.05) is 48.0 Å². The fraction of sp³-hybridized carbons (Fsp3) is 0.300. The molecule has 0 aliphatic carbocycles. The van der Waals surface area contributed by atoms with Crippen LogP contribution in [0.4, 0.5) is 4.39 Å². The lowest BCUT2D eigenvalue weighted by Gasteiger charge is -2.23. The van der Waals surface area contributed by atoms with Gasteiger partial charge in [-0.05, 0) is 32.4 Å². The Morgan fingerprint density at radius 1 is 0.920 bits per heavy atom. The lowest BCUT2D eigenvalue weighted by molar-refractivity contribution is -0.141. The van der Waals surface area contributed by atoms with E-state index in [9.17, 15) is 14.0 Å². The minimum Gasteiger partial charge on any atom is -0.351 e. The van der Waals surface area contributed by atoms with Crippen molar-refractivity contribution >= 4 is 11.8 Å². The maximum Gasteiger partial charge on any atom is 0.235 e. The SMILES string of the molecule is Cc1ccc(CNC(=O)C(C)(C)C(=O)NCc2ccccc2F)cc1. The van der Waals surface area contributed by atoms with Crippen LogP contribution in [0.15, 0.2) is 48.5 Å². The summed E-state index contributed by atoms with van der Waals surface area (Å²) in [5, 5.41) is 5.40. The number of aryl methyl sites for hydroxylation is 1. The Hall–Kier alpha value is -2.69. The first kappa shape index (κ1) is 18.6. The molecule has 0 heterocycles. The number of benzene rings is 2. The van der Waals surface area contributed by atoms with E-state index in [1.54, 1.807) is 32.0 Å². The first-order chi connectivity index (χ1) is 11.8. The van der Waals surface area contributed by atoms with Gasteiger partial charge in [0.2, 0.25) is 11.8 Å². The minimum atomic E-state index is -1.25. The molecule has 0 aromatic heterocycles. The van der Waals surface area contributed by atoms with Crippen LogP contribution in [0.25, 0.3) is 0 Å². The third kappa shape index (κ3) is 4.89. The summed E-state index contributed by atoms with van der Waals surface area (Å²) in [6.07, 6.45) is 0. The molecule has 2 rings (SSSR count). The summed E-state index contributed by atoms with van der Waals surface area (Å²) in [7, 11) is 0. The molecular weight excluding hydrogens is 319 g/mol. The molecule has 0 aliphatic heterocycles. The number of rotatable bonds is 6. The molecule has 0 fully saturated rings. The highest BCUT2D eigenvalue weighted by molar-refractivity contribution is 6.04. The molecule has 132 valence electrons. The van der Waals surface area contributed by atoms with Crippen LogP contribution in [-0.2, 0) is 22.7 Å². The van der Waals surface area contributed by atoms with Gasteiger partial charge in [0.15, 0.2) is 0 Å². The predicted octanol–water partition coefficient (Wildman–Crippen LogP) is 3.09. The Morgan fingerprint density at radius 3 is 2.08 bits per heavy atom. The van der Waals surface area contributed by atoms with E-state index in [1.807, 2.05) is 31.2 Å². The van der Waals surface area contributed by atoms with E-state index in [-0.39, 0.29) is 18.3 Å². The maximum atomic E-state index is 13.6. The Kier molecular flexibility index (Phi) is 5.91. The van der Waals surface area contributed by atoms with E-state index in [0.717, 1.165) is 11.1 Å². The van der Waals surface area contributed by atoms with Crippen molar-refractivity contribution in [2.45, 2.75) is 33.9 Å². The monoisotopic (exact) mass is 342 g/mol. The van der Waals surface area contributed by atoms with Crippen molar-refractivity contribution in [3.8, 4) is 0 Å². The zero-order valence-electron chi connectivity index (χ0n) is 14.7. The number of nitrogens with one attached hydrogen (secondary N) is 2. The van der Waals surface area contributed by atoms with Crippen molar-refractivity contribution in [3.63, 3.8) is 0 Å². The van der Waals surface area contributed by atoms with Gasteiger partial charge in [-0.3, -0.25) is 9.59 Å². The molecule has 0 saturated carbocycles. The van der Waals surface area contributed by atoms with Crippen LogP contribution in [0, 0.1) is 18.2 Å². The third-order valence-electron chi connectivity index (χ3n) is 4.11. The topological polar surface area (TPSA) is 58.2 Å². The van der Waals surface area contributed by atoms with Crippen molar-refractivity contribution in [1.29, 1.82) is 0 Å². The van der Waals surface area contributed by atoms with Crippen molar-refractivity contribution in [2.75, 3.05) is 0 Å². The number of amides is 2. The molecule has 0 bridgehead atoms. The fourth-order valence-electron chi connectivity index (χ4n) is 2.25. The van der Waals surface area contributed by atoms with Crippen LogP contribution < -0.4 is 10.6 Å². The largest absolute Gasteiger partial charge is 0.351 e. The van der Waals surface area contributed by atoms with Crippen LogP contribution in [0.3, 0.4) is 0 Å². The number of carbonyl (C=O) groups excluding carboxylic acids is 2. The molecule has 2 amide bonds. The molecule has 2 aromatic rings. The highest BCUT2D eigenvalue weighted by Gasteiger charge is 2.35. The van der Waals surface area contributed by atoms with Gasteiger partial charge in [0.1, 0.15) is 11.2 Å². The average Bonchev–Trinajstić information content (AvgIpc) is 2.59. The lowest BCUT2D eigenvalue weighted by atomic mass is 9.91. The van der Waals surface area contributed by atoms with Crippen molar-refractivity contribution in [2.24, 2.45) is 5.41 Å². The molecule has 0 spiro atoms. The fourth-order valence-corrected chi connectivity index (χ4v) is 2.25. The van der Waals surface area contributed by atoms with E-state index in [2.05, 4.69) is 10.6 Å². The average molecular weight is 342 g/mol. The molecule has 2 aromatic carbocycles. The van der Waals surface area contributed by atoms with Crippen LogP contribution in [0.2, 0.25) is 0 Å². The molecule has 0 atom stereocenters. The van der Waals surface area contributed by atoms with Crippen molar-refractivity contribution in [3.05, 3.63) is 71.0 Å². The van der Waals surface area contributed by atoms with Crippen molar-refractivity contribution < 1.29 is 14.0 Å². The number of hydrogen-bond donors (Lipinski definition) is 2. The van der Waals surface area contributed by atoms with Gasteiger partial charge >= 0.3 is 0 Å². The summed E-state index contributed by atoms with van der Waals surface area (Å²) in [5.41, 5.74) is 1.23. The maximum absolute atomic E-state index is 13.6. The lowest BCUT2D eigenvalue weighted by Crippen LogP contribution is -2.47. The Bertz CT molecular complexity index is 755. The first-order valence-corrected chi connectivity index (χ1v) is 8.16. The van der Waals surface area contributed by atoms with E-state index >= 15 is 0 Å². The molecule has 5 heteroatoms. The van der Waals surface area contributed by atoms with E-state index in [1.165, 1.54) is 6.07 Å².